The van der Waals surface area contributed by atoms with Crippen LogP contribution in [-0.2, 0) is 85.6 Å². The van der Waals surface area contributed by atoms with Crippen LogP contribution in [0.15, 0.2) is 0 Å². The molecule has 0 bridgehead atoms. The molecule has 0 amide bonds. The van der Waals surface area contributed by atoms with E-state index < -0.39 is 121 Å². The van der Waals surface area contributed by atoms with Crippen molar-refractivity contribution in [3.05, 3.63) is 0 Å². The number of rotatable bonds is 44. The highest BCUT2D eigenvalue weighted by Gasteiger charge is 2.60. The van der Waals surface area contributed by atoms with E-state index in [1.54, 1.807) is 6.92 Å². The van der Waals surface area contributed by atoms with Gasteiger partial charge in [-0.1, -0.05) is 209 Å². The van der Waals surface area contributed by atoms with Crippen LogP contribution in [0.3, 0.4) is 0 Å². The number of hydrogen-bond acceptors (Lipinski definition) is 18. The zero-order chi connectivity index (χ0) is 63.6. The van der Waals surface area contributed by atoms with Gasteiger partial charge in [-0.2, -0.15) is 0 Å². The second-order valence-corrected chi connectivity index (χ2v) is 25.6. The Morgan fingerprint density at radius 3 is 1.41 bits per heavy atom. The van der Waals surface area contributed by atoms with E-state index in [4.69, 9.17) is 56.8 Å². The highest BCUT2D eigenvalue weighted by molar-refractivity contribution is 5.78. The minimum absolute atomic E-state index is 0.0222. The number of unbranched alkanes of at least 4 members (excludes halogenated alkanes) is 22. The third kappa shape index (κ3) is 27.4. The van der Waals surface area contributed by atoms with E-state index in [1.807, 2.05) is 34.6 Å². The molecular formula is C68H120O18. The van der Waals surface area contributed by atoms with Crippen molar-refractivity contribution in [1.29, 1.82) is 0 Å². The highest BCUT2D eigenvalue weighted by Crippen LogP contribution is 2.46. The van der Waals surface area contributed by atoms with Crippen molar-refractivity contribution in [2.75, 3.05) is 26.9 Å². The standard InChI is InChI=1S/C68H120O18/c1-15-18-20-22-24-26-28-30-32-34-36-38-40-56(41-39-37-35-33-31-29-27-25-23-21-19-16-2)43-78-65-63(80-54(12)72)50(8)61(59(83-65)45-77-52(10)70)84-66-64(81-55(13)73)62(49(7)58(82-66)44-76-51(9)69)86-68(67(74)75-14)42-46(4)47(5)60(85-68)48(6)57(17-3)79-53(11)71/h46-50,56-66H,15-45H2,1-14H3/t46?,47-,48-,49+,50?,57-,58?,59?,60-,61+,62+,63?,64?,65-,66+,68+/m1/s1. The molecular weight excluding hydrogens is 1100 g/mol. The molecule has 0 aromatic heterocycles. The van der Waals surface area contributed by atoms with Crippen molar-refractivity contribution >= 4 is 35.8 Å². The Hall–Kier alpha value is -3.42. The summed E-state index contributed by atoms with van der Waals surface area (Å²) < 4.78 is 75.5. The van der Waals surface area contributed by atoms with Crippen LogP contribution in [0.5, 0.6) is 0 Å². The fraction of sp³-hybridized carbons (Fsp3) is 0.912. The summed E-state index contributed by atoms with van der Waals surface area (Å²) in [7, 11) is 1.22. The van der Waals surface area contributed by atoms with Crippen molar-refractivity contribution < 1.29 is 85.6 Å². The molecule has 0 aromatic carbocycles. The van der Waals surface area contributed by atoms with E-state index >= 15 is 0 Å². The Kier molecular flexibility index (Phi) is 38.0. The average Bonchev–Trinajstić information content (AvgIpc) is 0.848. The average molecular weight is 1230 g/mol. The van der Waals surface area contributed by atoms with Crippen LogP contribution in [0.4, 0.5) is 0 Å². The van der Waals surface area contributed by atoms with Gasteiger partial charge < -0.3 is 56.8 Å². The topological polar surface area (TPSA) is 213 Å². The van der Waals surface area contributed by atoms with Crippen LogP contribution in [0.1, 0.15) is 270 Å². The predicted octanol–water partition coefficient (Wildman–Crippen LogP) is 14.2. The van der Waals surface area contributed by atoms with Crippen molar-refractivity contribution in [2.24, 2.45) is 35.5 Å². The Bertz CT molecular complexity index is 1890. The van der Waals surface area contributed by atoms with Gasteiger partial charge in [-0.3, -0.25) is 24.0 Å². The van der Waals surface area contributed by atoms with Gasteiger partial charge in [0, 0.05) is 58.8 Å². The van der Waals surface area contributed by atoms with E-state index in [9.17, 15) is 28.8 Å². The van der Waals surface area contributed by atoms with Gasteiger partial charge in [0.2, 0.25) is 0 Å². The second kappa shape index (κ2) is 42.5. The van der Waals surface area contributed by atoms with Crippen LogP contribution in [-0.4, -0.2) is 130 Å². The first-order chi connectivity index (χ1) is 41.1. The summed E-state index contributed by atoms with van der Waals surface area (Å²) in [5.41, 5.74) is 0. The lowest BCUT2D eigenvalue weighted by Crippen LogP contribution is -2.66. The summed E-state index contributed by atoms with van der Waals surface area (Å²) in [6.07, 6.45) is 22.1. The summed E-state index contributed by atoms with van der Waals surface area (Å²) in [4.78, 5) is 78.1. The van der Waals surface area contributed by atoms with Crippen LogP contribution < -0.4 is 0 Å². The van der Waals surface area contributed by atoms with Gasteiger partial charge >= 0.3 is 35.8 Å². The molecule has 3 aliphatic heterocycles. The molecule has 3 heterocycles. The molecule has 6 unspecified atom stereocenters. The molecule has 3 saturated heterocycles. The second-order valence-electron chi connectivity index (χ2n) is 25.6. The van der Waals surface area contributed by atoms with Gasteiger partial charge in [-0.05, 0) is 37.0 Å². The van der Waals surface area contributed by atoms with E-state index in [1.165, 1.54) is 170 Å². The number of carbonyl (C=O) groups excluding carboxylic acids is 6. The zero-order valence-electron chi connectivity index (χ0n) is 56.0. The zero-order valence-corrected chi connectivity index (χ0v) is 56.0. The van der Waals surface area contributed by atoms with Gasteiger partial charge in [0.25, 0.3) is 5.79 Å². The lowest BCUT2D eigenvalue weighted by atomic mass is 9.76. The van der Waals surface area contributed by atoms with Gasteiger partial charge in [0.05, 0.1) is 25.9 Å². The van der Waals surface area contributed by atoms with Gasteiger partial charge in [0.15, 0.2) is 24.8 Å². The number of methoxy groups -OCH3 is 1. The normalized spacial score (nSPS) is 28.3. The SMILES string of the molecule is CCCCCCCCCCCCCCC(CCCCCCCCCCCCCC)CO[C@@H]1OC(COC(C)=O)[C@@H](O[C@@H]2OC(COC(C)=O)[C@H](C)[C@H](O[C@]3(C(=O)OC)CC(C)[C@@H](C)[C@H]([C@H](C)[C@@H](CC)OC(C)=O)O3)C2OC(C)=O)C(C)C1OC(C)=O. The maximum absolute atomic E-state index is 14.4. The smallest absolute Gasteiger partial charge is 0.366 e. The molecule has 18 heteroatoms. The number of hydrogen-bond donors (Lipinski definition) is 0. The molecule has 3 fully saturated rings. The Balaban J connectivity index is 1.96. The Labute approximate surface area is 519 Å². The molecule has 0 aliphatic carbocycles. The summed E-state index contributed by atoms with van der Waals surface area (Å²) in [6.45, 7) is 22.0. The lowest BCUT2D eigenvalue weighted by molar-refractivity contribution is -0.378. The summed E-state index contributed by atoms with van der Waals surface area (Å²) in [5.74, 6) is -7.94. The molecule has 3 aliphatic rings. The fourth-order valence-corrected chi connectivity index (χ4v) is 12.9. The monoisotopic (exact) mass is 1220 g/mol. The molecule has 0 N–H and O–H groups in total. The minimum Gasteiger partial charge on any atom is -0.465 e. The molecule has 18 nitrogen and oxygen atoms in total. The van der Waals surface area contributed by atoms with Crippen molar-refractivity contribution in [3.63, 3.8) is 0 Å². The molecule has 0 saturated carbocycles. The van der Waals surface area contributed by atoms with Crippen LogP contribution in [0.25, 0.3) is 0 Å². The number of carbonyl (C=O) groups is 6. The van der Waals surface area contributed by atoms with Gasteiger partial charge in [0.1, 0.15) is 37.6 Å². The minimum atomic E-state index is -2.10. The van der Waals surface area contributed by atoms with Crippen LogP contribution in [0.2, 0.25) is 0 Å². The van der Waals surface area contributed by atoms with Gasteiger partial charge in [-0.15, -0.1) is 0 Å². The van der Waals surface area contributed by atoms with E-state index in [2.05, 4.69) is 13.8 Å². The van der Waals surface area contributed by atoms with E-state index in [-0.39, 0.29) is 37.4 Å². The van der Waals surface area contributed by atoms with Gasteiger partial charge in [-0.25, -0.2) is 4.79 Å². The summed E-state index contributed by atoms with van der Waals surface area (Å²) in [6, 6.07) is 0. The first-order valence-electron chi connectivity index (χ1n) is 33.9. The largest absolute Gasteiger partial charge is 0.465 e. The Morgan fingerprint density at radius 2 is 0.965 bits per heavy atom. The summed E-state index contributed by atoms with van der Waals surface area (Å²) >= 11 is 0. The van der Waals surface area contributed by atoms with E-state index in [0.29, 0.717) is 13.0 Å². The molecule has 500 valence electrons. The molecule has 3 rings (SSSR count). The van der Waals surface area contributed by atoms with Crippen molar-refractivity contribution in [2.45, 2.75) is 337 Å². The predicted molar refractivity (Wildman–Crippen MR) is 328 cm³/mol. The maximum atomic E-state index is 14.4. The summed E-state index contributed by atoms with van der Waals surface area (Å²) in [5, 5.41) is 0. The van der Waals surface area contributed by atoms with Crippen molar-refractivity contribution in [1.82, 2.24) is 0 Å². The Morgan fingerprint density at radius 1 is 0.512 bits per heavy atom. The number of ether oxygens (including phenoxy) is 12. The maximum Gasteiger partial charge on any atom is 0.366 e. The first kappa shape index (κ1) is 76.8. The molecule has 86 heavy (non-hydrogen) atoms. The molecule has 0 radical (unpaired) electrons. The molecule has 16 atom stereocenters. The first-order valence-corrected chi connectivity index (χ1v) is 33.9. The van der Waals surface area contributed by atoms with Crippen LogP contribution in [0, 0.1) is 35.5 Å². The third-order valence-electron chi connectivity index (χ3n) is 18.2. The quantitative estimate of drug-likeness (QED) is 0.0315. The third-order valence-corrected chi connectivity index (χ3v) is 18.2. The fourth-order valence-electron chi connectivity index (χ4n) is 12.9. The highest BCUT2D eigenvalue weighted by atomic mass is 16.8. The molecule has 0 aromatic rings. The molecule has 0 spiro atoms. The number of esters is 6. The van der Waals surface area contributed by atoms with Crippen LogP contribution >= 0.6 is 0 Å². The van der Waals surface area contributed by atoms with E-state index in [0.717, 1.165) is 38.5 Å². The lowest BCUT2D eigenvalue weighted by Gasteiger charge is -2.52. The van der Waals surface area contributed by atoms with Crippen molar-refractivity contribution in [3.8, 4) is 0 Å².